The number of nitrogens with zero attached hydrogens (tertiary/aromatic N) is 3. The fraction of sp³-hybridized carbons (Fsp3) is 0.348. The van der Waals surface area contributed by atoms with E-state index >= 15 is 0 Å². The van der Waals surface area contributed by atoms with Crippen LogP contribution < -0.4 is 20.7 Å². The molecule has 0 bridgehead atoms. The molecule has 11 heteroatoms. The Bertz CT molecular complexity index is 1330. The summed E-state index contributed by atoms with van der Waals surface area (Å²) in [6, 6.07) is 6.65. The minimum atomic E-state index is -2.74. The van der Waals surface area contributed by atoms with Gasteiger partial charge in [-0.1, -0.05) is 6.07 Å². The van der Waals surface area contributed by atoms with Crippen LogP contribution in [-0.4, -0.2) is 46.2 Å². The number of nitrogens with one attached hydrogen (secondary N) is 3. The van der Waals surface area contributed by atoms with E-state index in [4.69, 9.17) is 8.85 Å². The van der Waals surface area contributed by atoms with Crippen LogP contribution in [0.25, 0.3) is 10.6 Å². The van der Waals surface area contributed by atoms with Crippen LogP contribution in [0.1, 0.15) is 46.2 Å². The Kier molecular flexibility index (Phi) is 5.46. The van der Waals surface area contributed by atoms with Crippen LogP contribution >= 0.6 is 11.3 Å². The number of carbonyl (C=O) groups excluding carboxylic acids is 2. The van der Waals surface area contributed by atoms with Crippen LogP contribution in [0.15, 0.2) is 30.5 Å². The van der Waals surface area contributed by atoms with Crippen LogP contribution in [-0.2, 0) is 10.4 Å². The van der Waals surface area contributed by atoms with Gasteiger partial charge in [-0.2, -0.15) is 0 Å². The summed E-state index contributed by atoms with van der Waals surface area (Å²) in [6.07, 6.45) is 3.18. The van der Waals surface area contributed by atoms with Gasteiger partial charge >= 0.3 is 0 Å². The third-order valence-electron chi connectivity index (χ3n) is 5.15. The van der Waals surface area contributed by atoms with E-state index in [1.807, 2.05) is 5.32 Å². The molecule has 0 unspecified atom stereocenters. The molecule has 0 radical (unpaired) electrons. The van der Waals surface area contributed by atoms with Crippen molar-refractivity contribution in [3.05, 3.63) is 41.0 Å². The van der Waals surface area contributed by atoms with Gasteiger partial charge in [0.05, 0.1) is 34.5 Å². The second-order valence-corrected chi connectivity index (χ2v) is 9.34. The average molecular weight is 486 g/mol. The summed E-state index contributed by atoms with van der Waals surface area (Å²) in [7, 11) is 1.48. The number of hydrogen-bond donors (Lipinski definition) is 4. The fourth-order valence-corrected chi connectivity index (χ4v) is 4.14. The molecule has 4 rings (SSSR count). The highest BCUT2D eigenvalue weighted by Crippen LogP contribution is 2.41. The van der Waals surface area contributed by atoms with Gasteiger partial charge in [0.1, 0.15) is 5.01 Å². The monoisotopic (exact) mass is 485 g/mol. The van der Waals surface area contributed by atoms with Crippen molar-refractivity contribution in [2.24, 2.45) is 5.92 Å². The maximum Gasteiger partial charge on any atom is 0.273 e. The van der Waals surface area contributed by atoms with Gasteiger partial charge in [-0.3, -0.25) is 9.59 Å². The molecule has 34 heavy (non-hydrogen) atoms. The van der Waals surface area contributed by atoms with Gasteiger partial charge in [0.15, 0.2) is 17.3 Å². The average Bonchev–Trinajstić information content (AvgIpc) is 3.53. The number of para-hydroxylation sites is 1. The minimum Gasteiger partial charge on any atom is -0.494 e. The topological polar surface area (TPSA) is 138 Å². The minimum absolute atomic E-state index is 0.0828. The van der Waals surface area contributed by atoms with Crippen molar-refractivity contribution in [2.75, 3.05) is 24.7 Å². The Morgan fingerprint density at radius 3 is 2.71 bits per heavy atom. The maximum atomic E-state index is 12.7. The van der Waals surface area contributed by atoms with E-state index in [2.05, 4.69) is 25.8 Å². The number of aliphatic hydroxyl groups is 1. The number of amides is 2. The second kappa shape index (κ2) is 9.35. The number of rotatable bonds is 8. The van der Waals surface area contributed by atoms with Gasteiger partial charge in [-0.25, -0.2) is 4.98 Å². The molecule has 178 valence electrons. The number of hydrogen-bond acceptors (Lipinski definition) is 9. The van der Waals surface area contributed by atoms with Gasteiger partial charge in [-0.05, 0) is 38.8 Å². The van der Waals surface area contributed by atoms with Gasteiger partial charge < -0.3 is 25.8 Å². The molecule has 1 fully saturated rings. The molecular formula is C23H26N6O4S. The first-order chi connectivity index (χ1) is 17.4. The first kappa shape index (κ1) is 19.9. The molecule has 0 atom stereocenters. The van der Waals surface area contributed by atoms with Gasteiger partial charge in [0.2, 0.25) is 5.91 Å². The van der Waals surface area contributed by atoms with Gasteiger partial charge in [-0.15, -0.1) is 21.5 Å². The predicted molar refractivity (Wildman–Crippen MR) is 129 cm³/mol. The summed E-state index contributed by atoms with van der Waals surface area (Å²) in [5.41, 5.74) is -0.184. The molecule has 4 N–H and O–H groups in total. The summed E-state index contributed by atoms with van der Waals surface area (Å²) in [5.74, 6) is -0.761. The zero-order valence-electron chi connectivity index (χ0n) is 21.8. The standard InChI is InChI=1S/C23H26N6O4S/c1-23(2,32)16-11-25-22(34-16)13-6-5-7-14(19(13)33-4)26-15-10-17(27-20(30)12-8-9-12)28-29-18(15)21(31)24-3/h5-7,10-12,32H,8-9H2,1-4H3,(H,24,31)(H2,26,27,28,30)/i3D3. The number of thiazole rings is 1. The highest BCUT2D eigenvalue weighted by atomic mass is 32.1. The van der Waals surface area contributed by atoms with Crippen molar-refractivity contribution < 1.29 is 23.5 Å². The van der Waals surface area contributed by atoms with E-state index in [0.717, 1.165) is 12.8 Å². The van der Waals surface area contributed by atoms with Crippen LogP contribution in [0.3, 0.4) is 0 Å². The molecule has 0 spiro atoms. The quantitative estimate of drug-likeness (QED) is 0.381. The summed E-state index contributed by atoms with van der Waals surface area (Å²) in [5, 5.41) is 26.3. The molecule has 0 aliphatic heterocycles. The van der Waals surface area contributed by atoms with E-state index in [0.29, 0.717) is 26.9 Å². The smallest absolute Gasteiger partial charge is 0.273 e. The summed E-state index contributed by atoms with van der Waals surface area (Å²) >= 11 is 1.30. The lowest BCUT2D eigenvalue weighted by atomic mass is 10.1. The maximum absolute atomic E-state index is 12.7. The van der Waals surface area contributed by atoms with E-state index in [1.54, 1.807) is 38.2 Å². The first-order valence-corrected chi connectivity index (χ1v) is 11.3. The van der Waals surface area contributed by atoms with E-state index < -0.39 is 18.5 Å². The number of ether oxygens (including phenoxy) is 1. The third kappa shape index (κ3) is 5.00. The van der Waals surface area contributed by atoms with Crippen molar-refractivity contribution in [3.8, 4) is 16.3 Å². The Balaban J connectivity index is 1.72. The number of aromatic nitrogens is 3. The molecular weight excluding hydrogens is 456 g/mol. The van der Waals surface area contributed by atoms with Crippen molar-refractivity contribution in [1.82, 2.24) is 20.5 Å². The predicted octanol–water partition coefficient (Wildman–Crippen LogP) is 3.29. The molecule has 3 aromatic rings. The Labute approximate surface area is 205 Å². The zero-order chi connectivity index (χ0) is 27.0. The zero-order valence-corrected chi connectivity index (χ0v) is 19.6. The van der Waals surface area contributed by atoms with E-state index in [9.17, 15) is 14.7 Å². The van der Waals surface area contributed by atoms with Gasteiger partial charge in [0, 0.05) is 29.3 Å². The molecule has 1 aliphatic rings. The molecule has 2 heterocycles. The highest BCUT2D eigenvalue weighted by molar-refractivity contribution is 7.15. The Hall–Kier alpha value is -3.57. The van der Waals surface area contributed by atoms with Crippen LogP contribution in [0.2, 0.25) is 0 Å². The van der Waals surface area contributed by atoms with Crippen molar-refractivity contribution >= 4 is 40.3 Å². The normalized spacial score (nSPS) is 15.0. The largest absolute Gasteiger partial charge is 0.494 e. The molecule has 2 aromatic heterocycles. The number of methoxy groups -OCH3 is 1. The lowest BCUT2D eigenvalue weighted by Crippen LogP contribution is -2.22. The Morgan fingerprint density at radius 1 is 1.26 bits per heavy atom. The Morgan fingerprint density at radius 2 is 2.06 bits per heavy atom. The molecule has 1 aromatic carbocycles. The van der Waals surface area contributed by atoms with Crippen molar-refractivity contribution in [2.45, 2.75) is 32.3 Å². The van der Waals surface area contributed by atoms with Crippen LogP contribution in [0.5, 0.6) is 5.75 Å². The molecule has 2 amide bonds. The van der Waals surface area contributed by atoms with Crippen LogP contribution in [0.4, 0.5) is 17.2 Å². The SMILES string of the molecule is [2H]C([2H])([2H])NC(=O)c1nnc(NC(=O)C2CC2)cc1Nc1cccc(-c2ncc(C(C)(C)O)s2)c1OC. The molecule has 1 aliphatic carbocycles. The summed E-state index contributed by atoms with van der Waals surface area (Å²) in [4.78, 5) is 30.0. The molecule has 0 saturated heterocycles. The van der Waals surface area contributed by atoms with E-state index in [1.165, 1.54) is 24.5 Å². The van der Waals surface area contributed by atoms with Crippen molar-refractivity contribution in [3.63, 3.8) is 0 Å². The lowest BCUT2D eigenvalue weighted by Gasteiger charge is -2.16. The summed E-state index contributed by atoms with van der Waals surface area (Å²) in [6.45, 7) is 0.596. The number of carbonyl (C=O) groups is 2. The second-order valence-electron chi connectivity index (χ2n) is 8.31. The van der Waals surface area contributed by atoms with Crippen LogP contribution in [0, 0.1) is 5.92 Å². The molecule has 1 saturated carbocycles. The molecule has 10 nitrogen and oxygen atoms in total. The van der Waals surface area contributed by atoms with Crippen molar-refractivity contribution in [1.29, 1.82) is 0 Å². The fourth-order valence-electron chi connectivity index (χ4n) is 3.20. The first-order valence-electron chi connectivity index (χ1n) is 12.0. The highest BCUT2D eigenvalue weighted by Gasteiger charge is 2.30. The van der Waals surface area contributed by atoms with Gasteiger partial charge in [0.25, 0.3) is 5.91 Å². The summed E-state index contributed by atoms with van der Waals surface area (Å²) < 4.78 is 27.7. The number of anilines is 3. The third-order valence-corrected chi connectivity index (χ3v) is 6.49. The van der Waals surface area contributed by atoms with E-state index in [-0.39, 0.29) is 29.0 Å². The lowest BCUT2D eigenvalue weighted by molar-refractivity contribution is -0.117. The number of benzene rings is 1.